The quantitative estimate of drug-likeness (QED) is 0.575. The van der Waals surface area contributed by atoms with Gasteiger partial charge in [-0.25, -0.2) is 0 Å². The van der Waals surface area contributed by atoms with Crippen LogP contribution < -0.4 is 24.4 Å². The molecule has 0 atom stereocenters. The number of amides is 1. The van der Waals surface area contributed by atoms with Crippen molar-refractivity contribution in [2.24, 2.45) is 0 Å². The molecule has 1 heterocycles. The lowest BCUT2D eigenvalue weighted by molar-refractivity contribution is 0.102. The third-order valence-corrected chi connectivity index (χ3v) is 5.13. The van der Waals surface area contributed by atoms with Gasteiger partial charge in [0.1, 0.15) is 0 Å². The van der Waals surface area contributed by atoms with E-state index in [-0.39, 0.29) is 5.91 Å². The van der Waals surface area contributed by atoms with Crippen LogP contribution in [0.3, 0.4) is 0 Å². The number of hydrogen-bond acceptors (Lipinski definition) is 5. The van der Waals surface area contributed by atoms with Gasteiger partial charge in [-0.05, 0) is 63.9 Å². The molecule has 0 aliphatic carbocycles. The molecule has 1 amide bonds. The zero-order valence-electron chi connectivity index (χ0n) is 17.8. The first-order chi connectivity index (χ1) is 14.6. The van der Waals surface area contributed by atoms with Gasteiger partial charge in [-0.3, -0.25) is 4.79 Å². The second-order valence-corrected chi connectivity index (χ2v) is 7.32. The molecule has 2 aromatic carbocycles. The third kappa shape index (κ3) is 5.11. The predicted octanol–water partition coefficient (Wildman–Crippen LogP) is 5.39. The number of hydrogen-bond donors (Lipinski definition) is 1. The maximum atomic E-state index is 12.9. The van der Waals surface area contributed by atoms with Crippen LogP contribution >= 0.6 is 11.6 Å². The number of halogens is 1. The van der Waals surface area contributed by atoms with Crippen LogP contribution in [-0.4, -0.2) is 38.8 Å². The summed E-state index contributed by atoms with van der Waals surface area (Å²) < 4.78 is 17.1. The van der Waals surface area contributed by atoms with E-state index in [1.54, 1.807) is 18.2 Å². The fraction of sp³-hybridized carbons (Fsp3) is 0.435. The van der Waals surface area contributed by atoms with Crippen LogP contribution in [0.25, 0.3) is 0 Å². The monoisotopic (exact) mass is 432 g/mol. The summed E-state index contributed by atoms with van der Waals surface area (Å²) in [6.07, 6.45) is 2.35. The number of nitrogens with zero attached hydrogens (tertiary/aromatic N) is 1. The Morgan fingerprint density at radius 2 is 1.57 bits per heavy atom. The summed E-state index contributed by atoms with van der Waals surface area (Å²) in [5.74, 6) is 1.21. The molecule has 3 rings (SSSR count). The van der Waals surface area contributed by atoms with Crippen LogP contribution in [0.2, 0.25) is 5.02 Å². The number of benzene rings is 2. The molecule has 7 heteroatoms. The molecule has 0 spiro atoms. The fourth-order valence-electron chi connectivity index (χ4n) is 3.52. The molecule has 0 saturated carbocycles. The molecule has 6 nitrogen and oxygen atoms in total. The standard InChI is InChI=1S/C23H29ClN2O4/c1-4-28-20-13-16(14-21(29-5-2)22(20)30-6-3)23(27)25-17-9-10-19(18(24)15-17)26-11-7-8-12-26/h9-10,13-15H,4-8,11-12H2,1-3H3,(H,25,27). The van der Waals surface area contributed by atoms with E-state index in [1.165, 1.54) is 12.8 Å². The van der Waals surface area contributed by atoms with E-state index < -0.39 is 0 Å². The minimum absolute atomic E-state index is 0.273. The highest BCUT2D eigenvalue weighted by atomic mass is 35.5. The Morgan fingerprint density at radius 3 is 2.10 bits per heavy atom. The lowest BCUT2D eigenvalue weighted by Crippen LogP contribution is -2.18. The van der Waals surface area contributed by atoms with Gasteiger partial charge in [-0.1, -0.05) is 11.6 Å². The normalized spacial score (nSPS) is 13.3. The summed E-state index contributed by atoms with van der Waals surface area (Å²) in [5.41, 5.74) is 2.06. The zero-order chi connectivity index (χ0) is 21.5. The molecule has 1 N–H and O–H groups in total. The summed E-state index contributed by atoms with van der Waals surface area (Å²) in [4.78, 5) is 15.2. The largest absolute Gasteiger partial charge is 0.490 e. The highest BCUT2D eigenvalue weighted by Crippen LogP contribution is 2.39. The van der Waals surface area contributed by atoms with E-state index >= 15 is 0 Å². The molecular weight excluding hydrogens is 404 g/mol. The summed E-state index contributed by atoms with van der Waals surface area (Å²) in [5, 5.41) is 3.54. The molecule has 2 aromatic rings. The molecule has 1 aliphatic heterocycles. The van der Waals surface area contributed by atoms with E-state index in [1.807, 2.05) is 32.9 Å². The number of carbonyl (C=O) groups excluding carboxylic acids is 1. The van der Waals surface area contributed by atoms with Gasteiger partial charge in [0.05, 0.1) is 30.5 Å². The number of nitrogens with one attached hydrogen (secondary N) is 1. The minimum Gasteiger partial charge on any atom is -0.490 e. The highest BCUT2D eigenvalue weighted by Gasteiger charge is 2.19. The topological polar surface area (TPSA) is 60.0 Å². The fourth-order valence-corrected chi connectivity index (χ4v) is 3.82. The second-order valence-electron chi connectivity index (χ2n) is 6.92. The maximum Gasteiger partial charge on any atom is 0.255 e. The van der Waals surface area contributed by atoms with Gasteiger partial charge in [0.25, 0.3) is 5.91 Å². The van der Waals surface area contributed by atoms with Crippen molar-refractivity contribution in [1.29, 1.82) is 0 Å². The number of anilines is 2. The Labute approximate surface area is 183 Å². The Morgan fingerprint density at radius 1 is 0.967 bits per heavy atom. The van der Waals surface area contributed by atoms with Crippen molar-refractivity contribution in [2.45, 2.75) is 33.6 Å². The molecule has 1 aliphatic rings. The average Bonchev–Trinajstić information content (AvgIpc) is 3.25. The van der Waals surface area contributed by atoms with Crippen LogP contribution in [0.1, 0.15) is 44.0 Å². The number of rotatable bonds is 9. The van der Waals surface area contributed by atoms with Crippen LogP contribution in [0.4, 0.5) is 11.4 Å². The molecule has 0 radical (unpaired) electrons. The Bertz CT molecular complexity index is 854. The first kappa shape index (κ1) is 22.1. The van der Waals surface area contributed by atoms with Crippen molar-refractivity contribution in [2.75, 3.05) is 43.1 Å². The summed E-state index contributed by atoms with van der Waals surface area (Å²) in [7, 11) is 0. The second kappa shape index (κ2) is 10.4. The Hall–Kier alpha value is -2.60. The van der Waals surface area contributed by atoms with E-state index in [9.17, 15) is 4.79 Å². The zero-order valence-corrected chi connectivity index (χ0v) is 18.6. The molecule has 1 saturated heterocycles. The average molecular weight is 433 g/mol. The van der Waals surface area contributed by atoms with Crippen molar-refractivity contribution in [3.05, 3.63) is 40.9 Å². The van der Waals surface area contributed by atoms with E-state index in [4.69, 9.17) is 25.8 Å². The highest BCUT2D eigenvalue weighted by molar-refractivity contribution is 6.33. The van der Waals surface area contributed by atoms with Gasteiger partial charge in [-0.15, -0.1) is 0 Å². The molecule has 0 aromatic heterocycles. The molecule has 0 unspecified atom stereocenters. The van der Waals surface area contributed by atoms with Crippen LogP contribution in [0.15, 0.2) is 30.3 Å². The number of ether oxygens (including phenoxy) is 3. The van der Waals surface area contributed by atoms with E-state index in [2.05, 4.69) is 10.2 Å². The first-order valence-electron chi connectivity index (χ1n) is 10.5. The van der Waals surface area contributed by atoms with Crippen LogP contribution in [0.5, 0.6) is 17.2 Å². The SMILES string of the molecule is CCOc1cc(C(=O)Nc2ccc(N3CCCC3)c(Cl)c2)cc(OCC)c1OCC. The smallest absolute Gasteiger partial charge is 0.255 e. The molecule has 162 valence electrons. The van der Waals surface area contributed by atoms with Crippen LogP contribution in [-0.2, 0) is 0 Å². The van der Waals surface area contributed by atoms with Crippen molar-refractivity contribution in [3.63, 3.8) is 0 Å². The lowest BCUT2D eigenvalue weighted by Gasteiger charge is -2.20. The van der Waals surface area contributed by atoms with Gasteiger partial charge >= 0.3 is 0 Å². The van der Waals surface area contributed by atoms with Crippen molar-refractivity contribution >= 4 is 28.9 Å². The van der Waals surface area contributed by atoms with Gasteiger partial charge < -0.3 is 24.4 Å². The minimum atomic E-state index is -0.273. The van der Waals surface area contributed by atoms with Crippen molar-refractivity contribution in [1.82, 2.24) is 0 Å². The summed E-state index contributed by atoms with van der Waals surface area (Å²) in [6, 6.07) is 8.96. The molecule has 0 bridgehead atoms. The van der Waals surface area contributed by atoms with E-state index in [0.29, 0.717) is 53.3 Å². The Kier molecular flexibility index (Phi) is 7.69. The molecular formula is C23H29ClN2O4. The maximum absolute atomic E-state index is 12.9. The first-order valence-corrected chi connectivity index (χ1v) is 10.9. The predicted molar refractivity (Wildman–Crippen MR) is 121 cm³/mol. The van der Waals surface area contributed by atoms with Crippen molar-refractivity contribution in [3.8, 4) is 17.2 Å². The van der Waals surface area contributed by atoms with E-state index in [0.717, 1.165) is 18.8 Å². The summed E-state index contributed by atoms with van der Waals surface area (Å²) in [6.45, 7) is 9.04. The Balaban J connectivity index is 1.84. The molecule has 1 fully saturated rings. The van der Waals surface area contributed by atoms with Gasteiger partial charge in [0, 0.05) is 24.3 Å². The third-order valence-electron chi connectivity index (χ3n) is 4.82. The van der Waals surface area contributed by atoms with Crippen LogP contribution in [0, 0.1) is 0 Å². The van der Waals surface area contributed by atoms with Crippen molar-refractivity contribution < 1.29 is 19.0 Å². The van der Waals surface area contributed by atoms with Gasteiger partial charge in [0.2, 0.25) is 5.75 Å². The summed E-state index contributed by atoms with van der Waals surface area (Å²) >= 11 is 6.48. The number of carbonyl (C=O) groups is 1. The lowest BCUT2D eigenvalue weighted by atomic mass is 10.1. The van der Waals surface area contributed by atoms with Gasteiger partial charge in [0.15, 0.2) is 11.5 Å². The van der Waals surface area contributed by atoms with Gasteiger partial charge in [-0.2, -0.15) is 0 Å². The molecule has 30 heavy (non-hydrogen) atoms.